The minimum atomic E-state index is -0.0372. The molecule has 0 N–H and O–H groups in total. The topological polar surface area (TPSA) is 46.3 Å². The summed E-state index contributed by atoms with van der Waals surface area (Å²) in [6, 6.07) is 15.1. The van der Waals surface area contributed by atoms with Gasteiger partial charge in [0.1, 0.15) is 5.69 Å². The van der Waals surface area contributed by atoms with E-state index in [1.165, 1.54) is 5.56 Å². The molecule has 0 bridgehead atoms. The highest BCUT2D eigenvalue weighted by Gasteiger charge is 2.18. The van der Waals surface area contributed by atoms with Crippen LogP contribution in [0.25, 0.3) is 11.3 Å². The molecular weight excluding hydrogens is 360 g/mol. The third kappa shape index (κ3) is 4.58. The molecule has 2 aromatic carbocycles. The van der Waals surface area contributed by atoms with Crippen LogP contribution in [0.2, 0.25) is 5.02 Å². The summed E-state index contributed by atoms with van der Waals surface area (Å²) in [5, 5.41) is 4.80. The van der Waals surface area contributed by atoms with E-state index in [0.717, 1.165) is 29.0 Å². The number of benzene rings is 2. The van der Waals surface area contributed by atoms with E-state index in [1.54, 1.807) is 29.2 Å². The first kappa shape index (κ1) is 19.2. The van der Waals surface area contributed by atoms with Crippen LogP contribution in [0.15, 0.2) is 53.1 Å². The minimum Gasteiger partial charge on any atom is -0.356 e. The van der Waals surface area contributed by atoms with E-state index in [-0.39, 0.29) is 5.91 Å². The molecule has 3 aromatic rings. The molecule has 0 spiro atoms. The van der Waals surface area contributed by atoms with Crippen molar-refractivity contribution in [3.05, 3.63) is 75.9 Å². The lowest BCUT2D eigenvalue weighted by Gasteiger charge is -2.21. The number of nitrogens with zero attached hydrogens (tertiary/aromatic N) is 2. The number of hydrogen-bond donors (Lipinski definition) is 0. The fourth-order valence-electron chi connectivity index (χ4n) is 3.01. The highest BCUT2D eigenvalue weighted by molar-refractivity contribution is 6.30. The van der Waals surface area contributed by atoms with Gasteiger partial charge in [-0.3, -0.25) is 4.79 Å². The van der Waals surface area contributed by atoms with Crippen molar-refractivity contribution in [2.24, 2.45) is 0 Å². The summed E-state index contributed by atoms with van der Waals surface area (Å²) in [5.74, 6) is 0.686. The maximum Gasteiger partial charge on any atom is 0.254 e. The molecule has 27 heavy (non-hydrogen) atoms. The first-order valence-electron chi connectivity index (χ1n) is 9.06. The molecule has 0 aliphatic heterocycles. The van der Waals surface area contributed by atoms with Gasteiger partial charge >= 0.3 is 0 Å². The molecule has 0 aliphatic rings. The Balaban J connectivity index is 1.81. The van der Waals surface area contributed by atoms with Crippen molar-refractivity contribution in [1.82, 2.24) is 10.1 Å². The van der Waals surface area contributed by atoms with E-state index in [9.17, 15) is 4.79 Å². The third-order valence-corrected chi connectivity index (χ3v) is 4.69. The molecule has 0 radical (unpaired) electrons. The summed E-state index contributed by atoms with van der Waals surface area (Å²) in [6.45, 7) is 7.20. The lowest BCUT2D eigenvalue weighted by atomic mass is 10.0. The van der Waals surface area contributed by atoms with E-state index in [2.05, 4.69) is 23.4 Å². The Morgan fingerprint density at radius 2 is 1.85 bits per heavy atom. The minimum absolute atomic E-state index is 0.0372. The molecule has 5 heteroatoms. The van der Waals surface area contributed by atoms with E-state index in [1.807, 2.05) is 26.8 Å². The Kier molecular flexibility index (Phi) is 5.97. The summed E-state index contributed by atoms with van der Waals surface area (Å²) >= 11 is 5.92. The maximum atomic E-state index is 12.9. The Hall–Kier alpha value is -2.59. The van der Waals surface area contributed by atoms with Crippen molar-refractivity contribution in [3.8, 4) is 11.3 Å². The quantitative estimate of drug-likeness (QED) is 0.552. The SMILES string of the molecule is CCCN(Cc1cc(-c2cc(C)ccc2C)on1)C(=O)c1ccc(Cl)cc1. The summed E-state index contributed by atoms with van der Waals surface area (Å²) < 4.78 is 5.56. The normalized spacial score (nSPS) is 10.8. The van der Waals surface area contributed by atoms with Crippen LogP contribution in [-0.4, -0.2) is 22.5 Å². The van der Waals surface area contributed by atoms with Gasteiger partial charge in [0.15, 0.2) is 5.76 Å². The Morgan fingerprint density at radius 1 is 1.11 bits per heavy atom. The van der Waals surface area contributed by atoms with Crippen LogP contribution in [0.4, 0.5) is 0 Å². The van der Waals surface area contributed by atoms with Crippen LogP contribution in [0.3, 0.4) is 0 Å². The average molecular weight is 383 g/mol. The number of carbonyl (C=O) groups is 1. The molecule has 0 atom stereocenters. The lowest BCUT2D eigenvalue weighted by Crippen LogP contribution is -2.31. The molecule has 4 nitrogen and oxygen atoms in total. The van der Waals surface area contributed by atoms with Gasteiger partial charge in [-0.1, -0.05) is 41.4 Å². The summed E-state index contributed by atoms with van der Waals surface area (Å²) in [7, 11) is 0. The number of hydrogen-bond acceptors (Lipinski definition) is 3. The van der Waals surface area contributed by atoms with Gasteiger partial charge in [0.2, 0.25) is 0 Å². The smallest absolute Gasteiger partial charge is 0.254 e. The zero-order chi connectivity index (χ0) is 19.4. The fraction of sp³-hybridized carbons (Fsp3) is 0.273. The van der Waals surface area contributed by atoms with Crippen LogP contribution < -0.4 is 0 Å². The zero-order valence-corrected chi connectivity index (χ0v) is 16.6. The van der Waals surface area contributed by atoms with E-state index < -0.39 is 0 Å². The van der Waals surface area contributed by atoms with E-state index in [0.29, 0.717) is 23.7 Å². The largest absolute Gasteiger partial charge is 0.356 e. The van der Waals surface area contributed by atoms with Gasteiger partial charge in [0.25, 0.3) is 5.91 Å². The standard InChI is InChI=1S/C22H23ClN2O2/c1-4-11-25(22(26)17-7-9-18(23)10-8-17)14-19-13-21(27-24-19)20-12-15(2)5-6-16(20)3/h5-10,12-13H,4,11,14H2,1-3H3. The van der Waals surface area contributed by atoms with Crippen LogP contribution in [0, 0.1) is 13.8 Å². The van der Waals surface area contributed by atoms with E-state index >= 15 is 0 Å². The van der Waals surface area contributed by atoms with Crippen molar-refractivity contribution in [2.45, 2.75) is 33.7 Å². The second kappa shape index (κ2) is 8.40. The van der Waals surface area contributed by atoms with Crippen molar-refractivity contribution < 1.29 is 9.32 Å². The molecular formula is C22H23ClN2O2. The first-order valence-corrected chi connectivity index (χ1v) is 9.43. The number of rotatable bonds is 6. The number of aromatic nitrogens is 1. The predicted molar refractivity (Wildman–Crippen MR) is 108 cm³/mol. The Bertz CT molecular complexity index is 932. The second-order valence-electron chi connectivity index (χ2n) is 6.73. The highest BCUT2D eigenvalue weighted by atomic mass is 35.5. The van der Waals surface area contributed by atoms with Gasteiger partial charge in [-0.2, -0.15) is 0 Å². The van der Waals surface area contributed by atoms with Crippen molar-refractivity contribution >= 4 is 17.5 Å². The van der Waals surface area contributed by atoms with Crippen LogP contribution in [-0.2, 0) is 6.54 Å². The average Bonchev–Trinajstić information content (AvgIpc) is 3.12. The monoisotopic (exact) mass is 382 g/mol. The van der Waals surface area contributed by atoms with Gasteiger partial charge in [0.05, 0.1) is 6.54 Å². The first-order chi connectivity index (χ1) is 13.0. The number of aryl methyl sites for hydroxylation is 2. The molecule has 0 saturated carbocycles. The maximum absolute atomic E-state index is 12.9. The Morgan fingerprint density at radius 3 is 2.56 bits per heavy atom. The van der Waals surface area contributed by atoms with Gasteiger partial charge in [-0.15, -0.1) is 0 Å². The predicted octanol–water partition coefficient (Wildman–Crippen LogP) is 5.66. The van der Waals surface area contributed by atoms with Gasteiger partial charge in [-0.05, 0) is 56.2 Å². The van der Waals surface area contributed by atoms with Crippen molar-refractivity contribution in [2.75, 3.05) is 6.54 Å². The third-order valence-electron chi connectivity index (χ3n) is 4.44. The summed E-state index contributed by atoms with van der Waals surface area (Å²) in [5.41, 5.74) is 4.68. The highest BCUT2D eigenvalue weighted by Crippen LogP contribution is 2.26. The van der Waals surface area contributed by atoms with Gasteiger partial charge in [0, 0.05) is 28.8 Å². The molecule has 140 valence electrons. The van der Waals surface area contributed by atoms with Crippen molar-refractivity contribution in [3.63, 3.8) is 0 Å². The zero-order valence-electron chi connectivity index (χ0n) is 15.8. The summed E-state index contributed by atoms with van der Waals surface area (Å²) in [4.78, 5) is 14.6. The number of amides is 1. The molecule has 0 unspecified atom stereocenters. The number of carbonyl (C=O) groups excluding carboxylic acids is 1. The van der Waals surface area contributed by atoms with E-state index in [4.69, 9.17) is 16.1 Å². The van der Waals surface area contributed by atoms with Gasteiger partial charge < -0.3 is 9.42 Å². The van der Waals surface area contributed by atoms with Crippen LogP contribution in [0.5, 0.6) is 0 Å². The molecule has 1 aromatic heterocycles. The molecule has 1 amide bonds. The van der Waals surface area contributed by atoms with Crippen molar-refractivity contribution in [1.29, 1.82) is 0 Å². The van der Waals surface area contributed by atoms with Gasteiger partial charge in [-0.25, -0.2) is 0 Å². The number of halogens is 1. The second-order valence-corrected chi connectivity index (χ2v) is 7.17. The molecule has 0 fully saturated rings. The molecule has 0 aliphatic carbocycles. The molecule has 0 saturated heterocycles. The fourth-order valence-corrected chi connectivity index (χ4v) is 3.13. The molecule has 1 heterocycles. The molecule has 3 rings (SSSR count). The Labute approximate surface area is 164 Å². The summed E-state index contributed by atoms with van der Waals surface area (Å²) in [6.07, 6.45) is 0.862. The lowest BCUT2D eigenvalue weighted by molar-refractivity contribution is 0.0739. The van der Waals surface area contributed by atoms with Crippen LogP contribution in [0.1, 0.15) is 40.5 Å². The van der Waals surface area contributed by atoms with Crippen LogP contribution >= 0.6 is 11.6 Å².